The summed E-state index contributed by atoms with van der Waals surface area (Å²) in [4.78, 5) is 30.6. The van der Waals surface area contributed by atoms with Crippen molar-refractivity contribution in [2.24, 2.45) is 0 Å². The zero-order valence-corrected chi connectivity index (χ0v) is 18.3. The standard InChI is InChI=1S/C23H18N4O2S2/c1-2-15-7-3-6-10-19(15)27-22(29)17-8-4-5-9-18(17)25-23(27)31-14-20(28)26-21-16(13-24)11-12-30-21/h3-12H,2,14H2,1H3,(H,26,28). The van der Waals surface area contributed by atoms with Crippen LogP contribution in [0.4, 0.5) is 5.00 Å². The van der Waals surface area contributed by atoms with Gasteiger partial charge in [0.2, 0.25) is 5.91 Å². The molecule has 1 amide bonds. The summed E-state index contributed by atoms with van der Waals surface area (Å²) in [6.45, 7) is 2.03. The Hall–Kier alpha value is -3.41. The molecule has 4 aromatic rings. The molecule has 0 bridgehead atoms. The van der Waals surface area contributed by atoms with Crippen molar-refractivity contribution in [2.75, 3.05) is 11.1 Å². The summed E-state index contributed by atoms with van der Waals surface area (Å²) in [5.74, 6) is -0.205. The average molecular weight is 447 g/mol. The second-order valence-electron chi connectivity index (χ2n) is 6.65. The predicted octanol–water partition coefficient (Wildman–Crippen LogP) is 4.61. The van der Waals surface area contributed by atoms with Gasteiger partial charge in [-0.2, -0.15) is 5.26 Å². The molecule has 0 unspecified atom stereocenters. The molecule has 2 aromatic carbocycles. The number of rotatable bonds is 6. The first kappa shape index (κ1) is 20.8. The second kappa shape index (κ2) is 9.16. The normalized spacial score (nSPS) is 10.7. The van der Waals surface area contributed by atoms with E-state index in [1.54, 1.807) is 28.1 Å². The molecule has 8 heteroatoms. The lowest BCUT2D eigenvalue weighted by Gasteiger charge is -2.16. The SMILES string of the molecule is CCc1ccccc1-n1c(SCC(=O)Nc2sccc2C#N)nc2ccccc2c1=O. The maximum atomic E-state index is 13.4. The van der Waals surface area contributed by atoms with Crippen LogP contribution in [0.25, 0.3) is 16.6 Å². The van der Waals surface area contributed by atoms with Gasteiger partial charge < -0.3 is 5.32 Å². The van der Waals surface area contributed by atoms with Crippen LogP contribution in [0, 0.1) is 11.3 Å². The highest BCUT2D eigenvalue weighted by Crippen LogP contribution is 2.25. The Labute approximate surface area is 187 Å². The minimum Gasteiger partial charge on any atom is -0.316 e. The molecule has 0 aliphatic heterocycles. The summed E-state index contributed by atoms with van der Waals surface area (Å²) >= 11 is 2.49. The van der Waals surface area contributed by atoms with Gasteiger partial charge in [0.15, 0.2) is 5.16 Å². The Morgan fingerprint density at radius 1 is 1.19 bits per heavy atom. The minimum absolute atomic E-state index is 0.0574. The highest BCUT2D eigenvalue weighted by molar-refractivity contribution is 7.99. The summed E-state index contributed by atoms with van der Waals surface area (Å²) in [7, 11) is 0. The molecule has 31 heavy (non-hydrogen) atoms. The fourth-order valence-corrected chi connectivity index (χ4v) is 4.80. The topological polar surface area (TPSA) is 87.8 Å². The van der Waals surface area contributed by atoms with Gasteiger partial charge in [-0.25, -0.2) is 4.98 Å². The van der Waals surface area contributed by atoms with Gasteiger partial charge in [0.25, 0.3) is 5.56 Å². The lowest BCUT2D eigenvalue weighted by Crippen LogP contribution is -2.23. The summed E-state index contributed by atoms with van der Waals surface area (Å²) in [6, 6.07) is 18.6. The van der Waals surface area contributed by atoms with Crippen LogP contribution in [0.3, 0.4) is 0 Å². The number of thioether (sulfide) groups is 1. The Morgan fingerprint density at radius 3 is 2.77 bits per heavy atom. The van der Waals surface area contributed by atoms with Crippen molar-refractivity contribution in [1.82, 2.24) is 9.55 Å². The molecule has 0 spiro atoms. The quantitative estimate of drug-likeness (QED) is 0.345. The molecule has 2 heterocycles. The lowest BCUT2D eigenvalue weighted by molar-refractivity contribution is -0.113. The van der Waals surface area contributed by atoms with Crippen molar-refractivity contribution in [3.8, 4) is 11.8 Å². The van der Waals surface area contributed by atoms with Gasteiger partial charge in [0.1, 0.15) is 11.1 Å². The number of aryl methyl sites for hydroxylation is 1. The van der Waals surface area contributed by atoms with Crippen LogP contribution in [-0.4, -0.2) is 21.2 Å². The number of amides is 1. The first-order chi connectivity index (χ1) is 15.1. The van der Waals surface area contributed by atoms with Crippen molar-refractivity contribution in [3.63, 3.8) is 0 Å². The van der Waals surface area contributed by atoms with Gasteiger partial charge in [-0.1, -0.05) is 49.0 Å². The van der Waals surface area contributed by atoms with Gasteiger partial charge in [0.05, 0.1) is 27.9 Å². The average Bonchev–Trinajstić information content (AvgIpc) is 3.25. The number of aromatic nitrogens is 2. The zero-order chi connectivity index (χ0) is 21.8. The Bertz CT molecular complexity index is 1370. The van der Waals surface area contributed by atoms with Crippen molar-refractivity contribution in [3.05, 3.63) is 81.5 Å². The molecule has 0 saturated carbocycles. The van der Waals surface area contributed by atoms with Crippen molar-refractivity contribution in [1.29, 1.82) is 5.26 Å². The molecular weight excluding hydrogens is 428 g/mol. The summed E-state index contributed by atoms with van der Waals surface area (Å²) < 4.78 is 1.59. The number of nitrogens with one attached hydrogen (secondary N) is 1. The number of nitrogens with zero attached hydrogens (tertiary/aromatic N) is 3. The molecule has 154 valence electrons. The van der Waals surface area contributed by atoms with E-state index in [4.69, 9.17) is 5.26 Å². The fraction of sp³-hybridized carbons (Fsp3) is 0.130. The van der Waals surface area contributed by atoms with Crippen LogP contribution in [0.2, 0.25) is 0 Å². The number of fused-ring (bicyclic) bond motifs is 1. The predicted molar refractivity (Wildman–Crippen MR) is 125 cm³/mol. The van der Waals surface area contributed by atoms with E-state index < -0.39 is 0 Å². The van der Waals surface area contributed by atoms with Gasteiger partial charge >= 0.3 is 0 Å². The number of carbonyl (C=O) groups excluding carboxylic acids is 1. The highest BCUT2D eigenvalue weighted by Gasteiger charge is 2.17. The Kier molecular flexibility index (Phi) is 6.16. The molecule has 1 N–H and O–H groups in total. The molecule has 0 atom stereocenters. The Balaban J connectivity index is 1.72. The number of carbonyl (C=O) groups is 1. The summed E-state index contributed by atoms with van der Waals surface area (Å²) in [6.07, 6.45) is 0.759. The number of nitriles is 1. The third kappa shape index (κ3) is 4.24. The summed E-state index contributed by atoms with van der Waals surface area (Å²) in [5, 5.41) is 15.1. The number of hydrogen-bond acceptors (Lipinski definition) is 6. The smallest absolute Gasteiger partial charge is 0.266 e. The van der Waals surface area contributed by atoms with E-state index >= 15 is 0 Å². The van der Waals surface area contributed by atoms with Gasteiger partial charge in [-0.15, -0.1) is 11.3 Å². The van der Waals surface area contributed by atoms with Crippen LogP contribution in [0.1, 0.15) is 18.1 Å². The van der Waals surface area contributed by atoms with E-state index in [1.807, 2.05) is 43.3 Å². The molecular formula is C23H18N4O2S2. The number of thiophene rings is 1. The molecule has 6 nitrogen and oxygen atoms in total. The maximum absolute atomic E-state index is 13.4. The van der Waals surface area contributed by atoms with E-state index in [1.165, 1.54) is 23.1 Å². The third-order valence-corrected chi connectivity index (χ3v) is 6.50. The monoisotopic (exact) mass is 446 g/mol. The van der Waals surface area contributed by atoms with Gasteiger partial charge in [-0.05, 0) is 41.6 Å². The maximum Gasteiger partial charge on any atom is 0.266 e. The van der Waals surface area contributed by atoms with Crippen molar-refractivity contribution >= 4 is 44.9 Å². The van der Waals surface area contributed by atoms with Crippen LogP contribution in [-0.2, 0) is 11.2 Å². The number of benzene rings is 2. The van der Waals surface area contributed by atoms with Crippen LogP contribution in [0.15, 0.2) is 69.9 Å². The summed E-state index contributed by atoms with van der Waals surface area (Å²) in [5.41, 5.74) is 2.64. The van der Waals surface area contributed by atoms with Crippen LogP contribution >= 0.6 is 23.1 Å². The van der Waals surface area contributed by atoms with Crippen molar-refractivity contribution < 1.29 is 4.79 Å². The molecule has 0 aliphatic carbocycles. The molecule has 0 radical (unpaired) electrons. The van der Waals surface area contributed by atoms with Crippen LogP contribution in [0.5, 0.6) is 0 Å². The molecule has 0 aliphatic rings. The Morgan fingerprint density at radius 2 is 1.97 bits per heavy atom. The number of para-hydroxylation sites is 2. The molecule has 4 rings (SSSR count). The molecule has 2 aromatic heterocycles. The lowest BCUT2D eigenvalue weighted by atomic mass is 10.1. The van der Waals surface area contributed by atoms with E-state index in [0.29, 0.717) is 26.6 Å². The van der Waals surface area contributed by atoms with E-state index in [9.17, 15) is 9.59 Å². The van der Waals surface area contributed by atoms with Gasteiger partial charge in [0, 0.05) is 0 Å². The van der Waals surface area contributed by atoms with E-state index in [2.05, 4.69) is 16.4 Å². The number of anilines is 1. The van der Waals surface area contributed by atoms with Crippen LogP contribution < -0.4 is 10.9 Å². The van der Waals surface area contributed by atoms with E-state index in [0.717, 1.165) is 17.7 Å². The largest absolute Gasteiger partial charge is 0.316 e. The minimum atomic E-state index is -0.262. The number of hydrogen-bond donors (Lipinski definition) is 1. The first-order valence-corrected chi connectivity index (χ1v) is 11.5. The first-order valence-electron chi connectivity index (χ1n) is 9.62. The van der Waals surface area contributed by atoms with E-state index in [-0.39, 0.29) is 17.2 Å². The van der Waals surface area contributed by atoms with Crippen molar-refractivity contribution in [2.45, 2.75) is 18.5 Å². The molecule has 0 saturated heterocycles. The highest BCUT2D eigenvalue weighted by atomic mass is 32.2. The zero-order valence-electron chi connectivity index (χ0n) is 16.7. The molecule has 0 fully saturated rings. The second-order valence-corrected chi connectivity index (χ2v) is 8.51. The van der Waals surface area contributed by atoms with Gasteiger partial charge in [-0.3, -0.25) is 14.2 Å². The third-order valence-electron chi connectivity index (χ3n) is 4.73. The fourth-order valence-electron chi connectivity index (χ4n) is 3.24.